The summed E-state index contributed by atoms with van der Waals surface area (Å²) in [6.45, 7) is -12.2. The lowest BCUT2D eigenvalue weighted by molar-refractivity contribution is -0.274. The molecule has 11 nitrogen and oxygen atoms in total. The number of sulfonamides is 1. The zero-order valence-electron chi connectivity index (χ0n) is 42.7. The molecule has 254 valence electrons. The van der Waals surface area contributed by atoms with Crippen LogP contribution >= 0.6 is 0 Å². The largest absolute Gasteiger partial charge is 0.573 e. The monoisotopic (exact) mass is 691 g/mol. The zero-order valence-corrected chi connectivity index (χ0v) is 24.5. The van der Waals surface area contributed by atoms with E-state index in [1.807, 2.05) is 0 Å². The summed E-state index contributed by atoms with van der Waals surface area (Å²) < 4.78 is 248. The molecule has 2 aliphatic heterocycles. The van der Waals surface area contributed by atoms with Crippen LogP contribution in [0.5, 0.6) is 11.5 Å². The summed E-state index contributed by atoms with van der Waals surface area (Å²) >= 11 is 0. The van der Waals surface area contributed by atoms with Gasteiger partial charge in [0.1, 0.15) is 11.5 Å². The van der Waals surface area contributed by atoms with E-state index in [0.29, 0.717) is 0 Å². The Kier molecular flexibility index (Phi) is 5.53. The molecule has 1 fully saturated rings. The van der Waals surface area contributed by atoms with Gasteiger partial charge < -0.3 is 29.2 Å². The number of nitrogens with zero attached hydrogens (tertiary/aromatic N) is 2. The maximum absolute atomic E-state index is 14.5. The summed E-state index contributed by atoms with van der Waals surface area (Å²) in [5.41, 5.74) is -1.83. The molecule has 15 heteroatoms. The van der Waals surface area contributed by atoms with Crippen molar-refractivity contribution in [3.63, 3.8) is 0 Å². The topological polar surface area (TPSA) is 135 Å². The Morgan fingerprint density at radius 1 is 1.20 bits per heavy atom. The van der Waals surface area contributed by atoms with Gasteiger partial charge in [-0.25, -0.2) is 13.2 Å². The third-order valence-corrected chi connectivity index (χ3v) is 7.62. The Labute approximate surface area is 292 Å². The molecule has 2 N–H and O–H groups in total. The van der Waals surface area contributed by atoms with Crippen molar-refractivity contribution >= 4 is 16.1 Å². The van der Waals surface area contributed by atoms with Gasteiger partial charge in [-0.3, -0.25) is 4.90 Å². The highest BCUT2D eigenvalue weighted by Crippen LogP contribution is 2.35. The maximum atomic E-state index is 14.5. The summed E-state index contributed by atoms with van der Waals surface area (Å²) in [6.07, 6.45) is -20.9. The molecule has 5 atom stereocenters. The molecule has 2 aromatic carbocycles. The van der Waals surface area contributed by atoms with Crippen LogP contribution in [0.25, 0.3) is 0 Å². The number of halogens is 3. The fourth-order valence-corrected chi connectivity index (χ4v) is 5.55. The van der Waals surface area contributed by atoms with Gasteiger partial charge in [-0.2, -0.15) is 4.31 Å². The second-order valence-electron chi connectivity index (χ2n) is 9.82. The van der Waals surface area contributed by atoms with E-state index in [0.717, 1.165) is 12.3 Å². The van der Waals surface area contributed by atoms with Gasteiger partial charge in [0.2, 0.25) is 16.3 Å². The van der Waals surface area contributed by atoms with E-state index < -0.39 is 172 Å². The van der Waals surface area contributed by atoms with Gasteiger partial charge in [0, 0.05) is 26.7 Å². The first-order valence-electron chi connectivity index (χ1n) is 22.5. The van der Waals surface area contributed by atoms with Gasteiger partial charge in [-0.15, -0.1) is 13.2 Å². The Hall–Kier alpha value is -3.53. The van der Waals surface area contributed by atoms with Gasteiger partial charge in [0.25, 0.3) is 0 Å². The van der Waals surface area contributed by atoms with Gasteiger partial charge in [0.05, 0.1) is 60.2 Å². The fourth-order valence-electron chi connectivity index (χ4n) is 4.20. The third kappa shape index (κ3) is 8.84. The van der Waals surface area contributed by atoms with Crippen molar-refractivity contribution in [2.75, 3.05) is 19.6 Å². The number of hydrogen-bond donors (Lipinski definition) is 2. The zero-order chi connectivity index (χ0) is 50.4. The maximum Gasteiger partial charge on any atom is 0.573 e. The Balaban J connectivity index is 2.13. The van der Waals surface area contributed by atoms with E-state index in [4.69, 9.17) is 34.8 Å². The highest BCUT2D eigenvalue weighted by molar-refractivity contribution is 7.89. The molecule has 1 unspecified atom stereocenters. The Bertz CT molecular complexity index is 2290. The van der Waals surface area contributed by atoms with Crippen LogP contribution in [0.1, 0.15) is 59.2 Å². The van der Waals surface area contributed by atoms with Crippen molar-refractivity contribution < 1.29 is 81.6 Å². The minimum Gasteiger partial charge on any atom is -0.491 e. The molecule has 4 rings (SSSR count). The summed E-state index contributed by atoms with van der Waals surface area (Å²) in [4.78, 5) is 11.6. The number of ether oxygens (including phenoxy) is 4. The van der Waals surface area contributed by atoms with Crippen LogP contribution in [0.3, 0.4) is 0 Å². The van der Waals surface area contributed by atoms with Crippen molar-refractivity contribution in [1.82, 2.24) is 9.21 Å². The minimum absolute atomic E-state index is 0.250. The SMILES string of the molecule is [2H]c1c(OC(F)(F)F)ccc(S(=O)(=O)N(CC(C)C)C([2H])([2H])[C@@]([2H])(O)[C@@]([2H])(N(C(=O)O)C2CO[C@@H]3OC=C[C@@H]23)C([2H])([2H])c2c([2H])c([2H])c(OC([2H])(C([2H])([2H])[2H])C([2H])([2H])[2H])c([2H])c2[2H])c1[2H]. The predicted octanol–water partition coefficient (Wildman–Crippen LogP) is 4.86. The van der Waals surface area contributed by atoms with E-state index >= 15 is 0 Å². The van der Waals surface area contributed by atoms with Gasteiger partial charge in [0.15, 0.2) is 0 Å². The molecule has 0 aromatic heterocycles. The fraction of sp³-hybridized carbons (Fsp3) is 0.516. The molecule has 0 radical (unpaired) electrons. The molecule has 2 aromatic rings. The normalized spacial score (nSPS) is 29.7. The summed E-state index contributed by atoms with van der Waals surface area (Å²) in [6, 6.07) is -16.3. The van der Waals surface area contributed by atoms with Gasteiger partial charge in [-0.1, -0.05) is 25.9 Å². The number of carbonyl (C=O) groups is 1. The molecule has 0 bridgehead atoms. The lowest BCUT2D eigenvalue weighted by Crippen LogP contribution is -2.57. The summed E-state index contributed by atoms with van der Waals surface area (Å²) in [5.74, 6) is -5.54. The highest BCUT2D eigenvalue weighted by atomic mass is 32.2. The van der Waals surface area contributed by atoms with Crippen molar-refractivity contribution in [3.8, 4) is 11.5 Å². The number of aliphatic hydroxyl groups is 1. The van der Waals surface area contributed by atoms with E-state index in [9.17, 15) is 42.1 Å². The van der Waals surface area contributed by atoms with E-state index in [1.165, 1.54) is 13.8 Å². The number of rotatable bonds is 14. The van der Waals surface area contributed by atoms with Crippen LogP contribution < -0.4 is 9.47 Å². The lowest BCUT2D eigenvalue weighted by atomic mass is 9.94. The number of alkyl halides is 3. The van der Waals surface area contributed by atoms with Crippen LogP contribution in [0.4, 0.5) is 18.0 Å². The highest BCUT2D eigenvalue weighted by Gasteiger charge is 2.48. The molecule has 0 saturated carbocycles. The molecular weight excluding hydrogens is 633 g/mol. The first-order chi connectivity index (χ1) is 29.1. The number of benzene rings is 2. The van der Waals surface area contributed by atoms with Crippen LogP contribution in [-0.2, 0) is 25.9 Å². The van der Waals surface area contributed by atoms with Crippen molar-refractivity contribution in [2.45, 2.75) is 75.7 Å². The van der Waals surface area contributed by atoms with Crippen LogP contribution in [0.15, 0.2) is 65.6 Å². The lowest BCUT2D eigenvalue weighted by Gasteiger charge is -2.39. The van der Waals surface area contributed by atoms with Crippen molar-refractivity contribution in [1.29, 1.82) is 0 Å². The summed E-state index contributed by atoms with van der Waals surface area (Å²) in [7, 11) is -5.93. The second-order valence-corrected chi connectivity index (χ2v) is 11.7. The Morgan fingerprint density at radius 2 is 1.89 bits per heavy atom. The predicted molar refractivity (Wildman–Crippen MR) is 160 cm³/mol. The average molecular weight is 692 g/mol. The molecule has 0 spiro atoms. The number of carboxylic acid groups (broad SMARTS) is 1. The van der Waals surface area contributed by atoms with Crippen LogP contribution in [-0.4, -0.2) is 90.4 Å². The standard InChI is InChI=1S/C31H39F3N2O9S/c1-19(2)16-35(46(40,41)24-11-9-23(10-12-24)45-31(32,33)34)17-28(37)26(15-21-5-7-22(8-6-21)44-20(3)4)36(30(38)39)27-18-43-29-25(27)13-14-42-29/h5-14,19-20,25-29,37H,15-18H2,1-4H3,(H,38,39)/t25-,26-,27?,28+,29-/m0/s1/i3D3,4D3,5D,6D,7D,8D,9D,11D,15D2,17D2,20D,26D,28D. The number of fused-ring (bicyclic) bond motifs is 1. The number of amides is 1. The molecule has 46 heavy (non-hydrogen) atoms. The average Bonchev–Trinajstić information content (AvgIpc) is 3.76. The molecule has 1 amide bonds. The van der Waals surface area contributed by atoms with E-state index in [1.54, 1.807) is 0 Å². The number of hydrogen-bond acceptors (Lipinski definition) is 8. The van der Waals surface area contributed by atoms with Crippen LogP contribution in [0.2, 0.25) is 0 Å². The second kappa shape index (κ2) is 14.5. The molecule has 2 aliphatic rings. The van der Waals surface area contributed by atoms with Crippen molar-refractivity contribution in [3.05, 3.63) is 66.3 Å². The van der Waals surface area contributed by atoms with Crippen molar-refractivity contribution in [2.24, 2.45) is 11.8 Å². The molecule has 2 heterocycles. The Morgan fingerprint density at radius 3 is 2.52 bits per heavy atom. The van der Waals surface area contributed by atoms with Crippen LogP contribution in [0, 0.1) is 11.8 Å². The third-order valence-electron chi connectivity index (χ3n) is 6.01. The van der Waals surface area contributed by atoms with Gasteiger partial charge in [-0.05, 0) is 73.9 Å². The first-order valence-corrected chi connectivity index (χ1v) is 14.4. The first kappa shape index (κ1) is 17.6. The smallest absolute Gasteiger partial charge is 0.491 e. The molecular formula is C31H39F3N2O9S. The van der Waals surface area contributed by atoms with E-state index in [2.05, 4.69) is 4.74 Å². The summed E-state index contributed by atoms with van der Waals surface area (Å²) in [5, 5.41) is 23.2. The minimum atomic E-state index is -5.93. The quantitative estimate of drug-likeness (QED) is 0.285. The van der Waals surface area contributed by atoms with Gasteiger partial charge >= 0.3 is 12.5 Å². The molecule has 0 aliphatic carbocycles. The molecule has 1 saturated heterocycles. The van der Waals surface area contributed by atoms with E-state index in [-0.39, 0.29) is 12.1 Å².